The summed E-state index contributed by atoms with van der Waals surface area (Å²) in [4.78, 5) is 15.4. The molecule has 1 saturated carbocycles. The van der Waals surface area contributed by atoms with Gasteiger partial charge in [-0.15, -0.1) is 0 Å². The lowest BCUT2D eigenvalue weighted by Crippen LogP contribution is -2.52. The predicted molar refractivity (Wildman–Crippen MR) is 137 cm³/mol. The van der Waals surface area contributed by atoms with Crippen molar-refractivity contribution >= 4 is 11.7 Å². The minimum atomic E-state index is -0.124. The van der Waals surface area contributed by atoms with Crippen molar-refractivity contribution in [3.05, 3.63) is 53.6 Å². The molecule has 2 amide bonds. The fourth-order valence-electron chi connectivity index (χ4n) is 5.98. The highest BCUT2D eigenvalue weighted by atomic mass is 16.5. The molecule has 1 aliphatic carbocycles. The van der Waals surface area contributed by atoms with Crippen LogP contribution in [-0.2, 0) is 10.8 Å². The minimum absolute atomic E-state index is 0.0414. The van der Waals surface area contributed by atoms with Crippen molar-refractivity contribution in [1.29, 1.82) is 0 Å². The Kier molecular flexibility index (Phi) is 6.81. The molecule has 1 heterocycles. The van der Waals surface area contributed by atoms with Crippen LogP contribution in [0.1, 0.15) is 57.6 Å². The van der Waals surface area contributed by atoms with Gasteiger partial charge >= 0.3 is 6.03 Å². The maximum Gasteiger partial charge on any atom is 0.319 e. The summed E-state index contributed by atoms with van der Waals surface area (Å²) in [7, 11) is 5.56. The molecular weight excluding hydrogens is 426 g/mol. The highest BCUT2D eigenvalue weighted by molar-refractivity contribution is 5.90. The van der Waals surface area contributed by atoms with E-state index in [2.05, 4.69) is 61.6 Å². The number of urea groups is 1. The number of likely N-dealkylation sites (N-methyl/N-ethyl adjacent to an activating group) is 1. The average molecular weight is 466 g/mol. The summed E-state index contributed by atoms with van der Waals surface area (Å²) in [5.74, 6) is 1.54. The summed E-state index contributed by atoms with van der Waals surface area (Å²) < 4.78 is 11.1. The number of likely N-dealkylation sites (tertiary alicyclic amines) is 1. The van der Waals surface area contributed by atoms with E-state index in [1.54, 1.807) is 14.2 Å². The molecule has 0 aromatic heterocycles. The third-order valence-electron chi connectivity index (χ3n) is 7.80. The van der Waals surface area contributed by atoms with Crippen molar-refractivity contribution in [2.75, 3.05) is 33.1 Å². The first-order valence-corrected chi connectivity index (χ1v) is 12.3. The van der Waals surface area contributed by atoms with Gasteiger partial charge in [-0.2, -0.15) is 0 Å². The fourth-order valence-corrected chi connectivity index (χ4v) is 5.98. The fraction of sp³-hybridized carbons (Fsp3) is 0.536. The molecule has 0 unspecified atom stereocenters. The number of benzene rings is 2. The third-order valence-corrected chi connectivity index (χ3v) is 7.80. The van der Waals surface area contributed by atoms with E-state index in [0.29, 0.717) is 6.04 Å². The Labute approximate surface area is 204 Å². The Balaban J connectivity index is 1.49. The van der Waals surface area contributed by atoms with Gasteiger partial charge in [0.05, 0.1) is 14.2 Å². The molecule has 3 atom stereocenters. The van der Waals surface area contributed by atoms with Crippen molar-refractivity contribution < 1.29 is 14.3 Å². The van der Waals surface area contributed by atoms with Crippen LogP contribution in [-0.4, -0.2) is 50.8 Å². The van der Waals surface area contributed by atoms with Gasteiger partial charge in [0.1, 0.15) is 0 Å². The number of methoxy groups -OCH3 is 2. The Morgan fingerprint density at radius 1 is 1.06 bits per heavy atom. The molecule has 1 aliphatic heterocycles. The zero-order valence-electron chi connectivity index (χ0n) is 21.4. The zero-order valence-corrected chi connectivity index (χ0v) is 21.4. The number of nitrogens with one attached hydrogen (secondary N) is 2. The van der Waals surface area contributed by atoms with Gasteiger partial charge in [-0.05, 0) is 74.0 Å². The molecule has 0 spiro atoms. The van der Waals surface area contributed by atoms with Crippen LogP contribution in [0.5, 0.6) is 11.5 Å². The summed E-state index contributed by atoms with van der Waals surface area (Å²) >= 11 is 0. The standard InChI is InChI=1S/C28H39N3O3/c1-27(2,3)21-9-7-8-10-22(21)30-26(32)29-20-13-14-28(15-16-31(4)25(28)18-20)19-11-12-23(33-5)24(17-19)34-6/h7-12,17,20,25H,13-16,18H2,1-6H3,(H2,29,30,32)/t20-,25+,28+/m1/s1. The monoisotopic (exact) mass is 465 g/mol. The van der Waals surface area contributed by atoms with E-state index in [-0.39, 0.29) is 22.9 Å². The maximum absolute atomic E-state index is 13.0. The number of para-hydroxylation sites is 1. The van der Waals surface area contributed by atoms with Gasteiger partial charge in [0, 0.05) is 23.2 Å². The SMILES string of the molecule is COc1ccc([C@@]23CC[C@@H](NC(=O)Nc4ccccc4C(C)(C)C)C[C@@H]2N(C)CC3)cc1OC. The van der Waals surface area contributed by atoms with Crippen molar-refractivity contribution in [2.24, 2.45) is 0 Å². The molecule has 6 heteroatoms. The topological polar surface area (TPSA) is 62.8 Å². The van der Waals surface area contributed by atoms with Crippen molar-refractivity contribution in [1.82, 2.24) is 10.2 Å². The number of fused-ring (bicyclic) bond motifs is 1. The predicted octanol–water partition coefficient (Wildman–Crippen LogP) is 5.32. The van der Waals surface area contributed by atoms with E-state index in [4.69, 9.17) is 9.47 Å². The first-order chi connectivity index (χ1) is 16.2. The summed E-state index contributed by atoms with van der Waals surface area (Å²) in [5.41, 5.74) is 3.35. The van der Waals surface area contributed by atoms with E-state index >= 15 is 0 Å². The highest BCUT2D eigenvalue weighted by Gasteiger charge is 2.50. The van der Waals surface area contributed by atoms with Gasteiger partial charge in [0.2, 0.25) is 0 Å². The van der Waals surface area contributed by atoms with Crippen molar-refractivity contribution in [2.45, 2.75) is 69.4 Å². The summed E-state index contributed by atoms with van der Waals surface area (Å²) in [6.45, 7) is 7.54. The number of carbonyl (C=O) groups is 1. The molecule has 2 aromatic rings. The average Bonchev–Trinajstić information content (AvgIpc) is 3.15. The normalized spacial score (nSPS) is 24.9. The van der Waals surface area contributed by atoms with Crippen molar-refractivity contribution in [3.63, 3.8) is 0 Å². The number of amides is 2. The molecule has 2 N–H and O–H groups in total. The van der Waals surface area contributed by atoms with Crippen LogP contribution < -0.4 is 20.1 Å². The summed E-state index contributed by atoms with van der Waals surface area (Å²) in [5, 5.41) is 6.38. The summed E-state index contributed by atoms with van der Waals surface area (Å²) in [6.07, 6.45) is 4.02. The second-order valence-electron chi connectivity index (χ2n) is 10.8. The van der Waals surface area contributed by atoms with Crippen LogP contribution in [0.4, 0.5) is 10.5 Å². The number of nitrogens with zero attached hydrogens (tertiary/aromatic N) is 1. The van der Waals surface area contributed by atoms with Crippen LogP contribution in [0.2, 0.25) is 0 Å². The second kappa shape index (κ2) is 9.49. The first-order valence-electron chi connectivity index (χ1n) is 12.3. The Morgan fingerprint density at radius 2 is 1.79 bits per heavy atom. The van der Waals surface area contributed by atoms with Crippen LogP contribution >= 0.6 is 0 Å². The molecule has 0 bridgehead atoms. The summed E-state index contributed by atoms with van der Waals surface area (Å²) in [6, 6.07) is 14.8. The lowest BCUT2D eigenvalue weighted by Gasteiger charge is -2.45. The number of hydrogen-bond acceptors (Lipinski definition) is 4. The molecule has 4 rings (SSSR count). The Bertz CT molecular complexity index is 1030. The quantitative estimate of drug-likeness (QED) is 0.628. The van der Waals surface area contributed by atoms with Crippen LogP contribution in [0.3, 0.4) is 0 Å². The molecule has 34 heavy (non-hydrogen) atoms. The van der Waals surface area contributed by atoms with Gasteiger partial charge in [0.25, 0.3) is 0 Å². The van der Waals surface area contributed by atoms with Gasteiger partial charge in [-0.25, -0.2) is 4.79 Å². The molecule has 184 valence electrons. The number of ether oxygens (including phenoxy) is 2. The van der Waals surface area contributed by atoms with Gasteiger partial charge in [-0.1, -0.05) is 45.0 Å². The van der Waals surface area contributed by atoms with Gasteiger partial charge in [-0.3, -0.25) is 0 Å². The first kappa shape index (κ1) is 24.4. The van der Waals surface area contributed by atoms with Crippen LogP contribution in [0.25, 0.3) is 0 Å². The molecular formula is C28H39N3O3. The zero-order chi connectivity index (χ0) is 24.5. The third kappa shape index (κ3) is 4.61. The Hall–Kier alpha value is -2.73. The Morgan fingerprint density at radius 3 is 2.50 bits per heavy atom. The van der Waals surface area contributed by atoms with E-state index in [9.17, 15) is 4.79 Å². The minimum Gasteiger partial charge on any atom is -0.493 e. The van der Waals surface area contributed by atoms with Crippen LogP contribution in [0.15, 0.2) is 42.5 Å². The number of rotatable bonds is 5. The lowest BCUT2D eigenvalue weighted by atomic mass is 9.65. The molecule has 2 aromatic carbocycles. The molecule has 2 aliphatic rings. The van der Waals surface area contributed by atoms with Crippen molar-refractivity contribution in [3.8, 4) is 11.5 Å². The van der Waals surface area contributed by atoms with Crippen LogP contribution in [0, 0.1) is 0 Å². The van der Waals surface area contributed by atoms with E-state index in [1.165, 1.54) is 5.56 Å². The number of anilines is 1. The van der Waals surface area contributed by atoms with E-state index in [0.717, 1.165) is 55.0 Å². The van der Waals surface area contributed by atoms with E-state index in [1.807, 2.05) is 24.3 Å². The van der Waals surface area contributed by atoms with Gasteiger partial charge < -0.3 is 25.0 Å². The second-order valence-corrected chi connectivity index (χ2v) is 10.8. The maximum atomic E-state index is 13.0. The molecule has 1 saturated heterocycles. The largest absolute Gasteiger partial charge is 0.493 e. The smallest absolute Gasteiger partial charge is 0.319 e. The lowest BCUT2D eigenvalue weighted by molar-refractivity contribution is 0.156. The number of carbonyl (C=O) groups excluding carboxylic acids is 1. The molecule has 0 radical (unpaired) electrons. The van der Waals surface area contributed by atoms with E-state index < -0.39 is 0 Å². The number of hydrogen-bond donors (Lipinski definition) is 2. The molecule has 6 nitrogen and oxygen atoms in total. The van der Waals surface area contributed by atoms with Gasteiger partial charge in [0.15, 0.2) is 11.5 Å². The highest BCUT2D eigenvalue weighted by Crippen LogP contribution is 2.49. The molecule has 2 fully saturated rings.